The zero-order chi connectivity index (χ0) is 20.5. The van der Waals surface area contributed by atoms with Crippen LogP contribution in [0.15, 0.2) is 47.4 Å². The van der Waals surface area contributed by atoms with Crippen LogP contribution in [-0.2, 0) is 32.4 Å². The first-order valence-electron chi connectivity index (χ1n) is 9.18. The van der Waals surface area contributed by atoms with Gasteiger partial charge in [0.05, 0.1) is 17.0 Å². The Morgan fingerprint density at radius 3 is 2.46 bits per heavy atom. The first-order valence-corrected chi connectivity index (χ1v) is 10.6. The van der Waals surface area contributed by atoms with Crippen LogP contribution >= 0.6 is 0 Å². The fraction of sp³-hybridized carbons (Fsp3) is 0.381. The van der Waals surface area contributed by atoms with E-state index in [2.05, 4.69) is 0 Å². The van der Waals surface area contributed by atoms with Gasteiger partial charge in [0.15, 0.2) is 0 Å². The van der Waals surface area contributed by atoms with Crippen LogP contribution in [0.5, 0.6) is 0 Å². The van der Waals surface area contributed by atoms with Crippen molar-refractivity contribution in [2.24, 2.45) is 0 Å². The van der Waals surface area contributed by atoms with Gasteiger partial charge in [-0.1, -0.05) is 12.1 Å². The maximum absolute atomic E-state index is 13.2. The van der Waals surface area contributed by atoms with Crippen LogP contribution in [0.3, 0.4) is 0 Å². The maximum atomic E-state index is 13.2. The number of rotatable bonds is 4. The molecular formula is C21H24FNO4S. The number of carbonyl (C=O) groups excluding carboxylic acids is 1. The number of ether oxygens (including phenoxy) is 1. The Morgan fingerprint density at radius 1 is 1.14 bits per heavy atom. The lowest BCUT2D eigenvalue weighted by Crippen LogP contribution is -2.35. The molecule has 1 aliphatic heterocycles. The number of aryl methyl sites for hydroxylation is 1. The van der Waals surface area contributed by atoms with Crippen LogP contribution in [0, 0.1) is 5.82 Å². The molecule has 0 radical (unpaired) electrons. The summed E-state index contributed by atoms with van der Waals surface area (Å²) in [7, 11) is -3.82. The summed E-state index contributed by atoms with van der Waals surface area (Å²) in [4.78, 5) is 12.2. The van der Waals surface area contributed by atoms with Gasteiger partial charge in [-0.2, -0.15) is 0 Å². The highest BCUT2D eigenvalue weighted by Gasteiger charge is 2.29. The fourth-order valence-electron chi connectivity index (χ4n) is 3.22. The number of nitrogens with zero attached hydrogens (tertiary/aromatic N) is 1. The van der Waals surface area contributed by atoms with Crippen molar-refractivity contribution >= 4 is 21.7 Å². The average Bonchev–Trinajstić information content (AvgIpc) is 2.59. The molecule has 28 heavy (non-hydrogen) atoms. The number of hydrogen-bond donors (Lipinski definition) is 0. The largest absolute Gasteiger partial charge is 0.460 e. The molecule has 0 aromatic heterocycles. The van der Waals surface area contributed by atoms with Crippen LogP contribution < -0.4 is 4.31 Å². The zero-order valence-corrected chi connectivity index (χ0v) is 17.1. The Morgan fingerprint density at radius 2 is 1.82 bits per heavy atom. The summed E-state index contributed by atoms with van der Waals surface area (Å²) in [5, 5.41) is 0. The van der Waals surface area contributed by atoms with E-state index in [4.69, 9.17) is 4.74 Å². The molecule has 2 aromatic rings. The van der Waals surface area contributed by atoms with Crippen LogP contribution in [0.2, 0.25) is 0 Å². The Hall–Kier alpha value is -2.41. The summed E-state index contributed by atoms with van der Waals surface area (Å²) >= 11 is 0. The van der Waals surface area contributed by atoms with Crippen molar-refractivity contribution in [3.63, 3.8) is 0 Å². The highest BCUT2D eigenvalue weighted by molar-refractivity contribution is 7.92. The highest BCUT2D eigenvalue weighted by atomic mass is 32.2. The molecule has 1 heterocycles. The molecule has 7 heteroatoms. The fourth-order valence-corrected chi connectivity index (χ4v) is 4.76. The highest BCUT2D eigenvalue weighted by Crippen LogP contribution is 2.33. The Kier molecular flexibility index (Phi) is 5.48. The van der Waals surface area contributed by atoms with E-state index in [0.29, 0.717) is 24.2 Å². The average molecular weight is 405 g/mol. The number of halogens is 1. The molecule has 0 N–H and O–H groups in total. The molecule has 3 rings (SSSR count). The third kappa shape index (κ3) is 4.52. The lowest BCUT2D eigenvalue weighted by atomic mass is 10.00. The van der Waals surface area contributed by atoms with E-state index in [1.54, 1.807) is 26.8 Å². The second-order valence-corrected chi connectivity index (χ2v) is 9.72. The van der Waals surface area contributed by atoms with Crippen molar-refractivity contribution in [3.8, 4) is 0 Å². The molecule has 150 valence electrons. The lowest BCUT2D eigenvalue weighted by Gasteiger charge is -2.31. The molecule has 0 atom stereocenters. The van der Waals surface area contributed by atoms with Gasteiger partial charge in [0.2, 0.25) is 0 Å². The third-order valence-electron chi connectivity index (χ3n) is 4.40. The van der Waals surface area contributed by atoms with Crippen LogP contribution in [0.25, 0.3) is 0 Å². The minimum Gasteiger partial charge on any atom is -0.460 e. The van der Waals surface area contributed by atoms with E-state index in [1.807, 2.05) is 12.1 Å². The minimum atomic E-state index is -3.82. The molecule has 5 nitrogen and oxygen atoms in total. The Bertz CT molecular complexity index is 978. The van der Waals surface area contributed by atoms with Crippen molar-refractivity contribution in [2.45, 2.75) is 50.5 Å². The maximum Gasteiger partial charge on any atom is 0.310 e. The van der Waals surface area contributed by atoms with Gasteiger partial charge in [0, 0.05) is 6.54 Å². The van der Waals surface area contributed by atoms with Gasteiger partial charge in [-0.25, -0.2) is 12.8 Å². The molecule has 0 amide bonds. The molecule has 0 spiro atoms. The van der Waals surface area contributed by atoms with E-state index in [9.17, 15) is 17.6 Å². The van der Waals surface area contributed by atoms with Crippen LogP contribution in [-0.4, -0.2) is 26.5 Å². The molecule has 0 saturated carbocycles. The van der Waals surface area contributed by atoms with Gasteiger partial charge in [0.25, 0.3) is 10.0 Å². The standard InChI is InChI=1S/C21H24FNO4S/c1-21(2,3)27-20(24)14-15-6-7-16-5-4-12-23(19(16)13-15)28(25,26)18-10-8-17(22)9-11-18/h6-11,13H,4-5,12,14H2,1-3H3. The van der Waals surface area contributed by atoms with Crippen molar-refractivity contribution < 1.29 is 22.3 Å². The number of sulfonamides is 1. The van der Waals surface area contributed by atoms with Gasteiger partial charge in [-0.3, -0.25) is 9.10 Å². The first kappa shape index (κ1) is 20.3. The number of anilines is 1. The number of esters is 1. The monoisotopic (exact) mass is 405 g/mol. The van der Waals surface area contributed by atoms with E-state index in [1.165, 1.54) is 16.4 Å². The van der Waals surface area contributed by atoms with Crippen LogP contribution in [0.4, 0.5) is 10.1 Å². The summed E-state index contributed by atoms with van der Waals surface area (Å²) in [6, 6.07) is 10.2. The third-order valence-corrected chi connectivity index (χ3v) is 6.22. The van der Waals surface area contributed by atoms with E-state index >= 15 is 0 Å². The molecule has 0 fully saturated rings. The summed E-state index contributed by atoms with van der Waals surface area (Å²) in [6.45, 7) is 5.74. The van der Waals surface area contributed by atoms with Gasteiger partial charge in [-0.05, 0) is 75.1 Å². The first-order chi connectivity index (χ1) is 13.1. The van der Waals surface area contributed by atoms with Crippen molar-refractivity contribution in [1.29, 1.82) is 0 Å². The van der Waals surface area contributed by atoms with Gasteiger partial charge < -0.3 is 4.74 Å². The predicted octanol–water partition coefficient (Wildman–Crippen LogP) is 3.85. The SMILES string of the molecule is CC(C)(C)OC(=O)Cc1ccc2c(c1)N(S(=O)(=O)c1ccc(F)cc1)CCC2. The molecule has 0 saturated heterocycles. The predicted molar refractivity (Wildman–Crippen MR) is 105 cm³/mol. The molecule has 0 bridgehead atoms. The number of hydrogen-bond acceptors (Lipinski definition) is 4. The molecule has 0 aliphatic carbocycles. The van der Waals surface area contributed by atoms with Crippen LogP contribution in [0.1, 0.15) is 38.3 Å². The number of benzene rings is 2. The van der Waals surface area contributed by atoms with Gasteiger partial charge in [-0.15, -0.1) is 0 Å². The summed E-state index contributed by atoms with van der Waals surface area (Å²) in [6.07, 6.45) is 1.52. The van der Waals surface area contributed by atoms with Crippen molar-refractivity contribution in [1.82, 2.24) is 0 Å². The lowest BCUT2D eigenvalue weighted by molar-refractivity contribution is -0.153. The topological polar surface area (TPSA) is 63.7 Å². The smallest absolute Gasteiger partial charge is 0.310 e. The van der Waals surface area contributed by atoms with E-state index in [-0.39, 0.29) is 17.3 Å². The quantitative estimate of drug-likeness (QED) is 0.725. The summed E-state index contributed by atoms with van der Waals surface area (Å²) in [5.74, 6) is -0.853. The molecular weight excluding hydrogens is 381 g/mol. The zero-order valence-electron chi connectivity index (χ0n) is 16.2. The van der Waals surface area contributed by atoms with Gasteiger partial charge >= 0.3 is 5.97 Å². The van der Waals surface area contributed by atoms with Crippen molar-refractivity contribution in [3.05, 3.63) is 59.4 Å². The minimum absolute atomic E-state index is 0.0410. The Labute approximate surface area is 165 Å². The van der Waals surface area contributed by atoms with E-state index in [0.717, 1.165) is 24.1 Å². The number of carbonyl (C=O) groups is 1. The summed E-state index contributed by atoms with van der Waals surface area (Å²) in [5.41, 5.74) is 1.58. The normalized spacial score (nSPS) is 14.5. The summed E-state index contributed by atoms with van der Waals surface area (Å²) < 4.78 is 46.1. The second kappa shape index (κ2) is 7.54. The molecule has 2 aromatic carbocycles. The second-order valence-electron chi connectivity index (χ2n) is 7.86. The molecule has 1 aliphatic rings. The number of fused-ring (bicyclic) bond motifs is 1. The molecule has 0 unspecified atom stereocenters. The van der Waals surface area contributed by atoms with E-state index < -0.39 is 21.4 Å². The van der Waals surface area contributed by atoms with Crippen molar-refractivity contribution in [2.75, 3.05) is 10.8 Å². The van der Waals surface area contributed by atoms with Gasteiger partial charge in [0.1, 0.15) is 11.4 Å². The Balaban J connectivity index is 1.92.